The molecule has 1 saturated carbocycles. The highest BCUT2D eigenvalue weighted by Gasteiger charge is 2.48. The lowest BCUT2D eigenvalue weighted by Gasteiger charge is -2.40. The molecule has 0 saturated heterocycles. The fourth-order valence-corrected chi connectivity index (χ4v) is 5.95. The third-order valence-electron chi connectivity index (χ3n) is 7.07. The Morgan fingerprint density at radius 1 is 1.26 bits per heavy atom. The van der Waals surface area contributed by atoms with E-state index in [4.69, 9.17) is 4.43 Å². The minimum absolute atomic E-state index is 0.0170. The Kier molecular flexibility index (Phi) is 8.78. The van der Waals surface area contributed by atoms with Gasteiger partial charge in [0.15, 0.2) is 8.32 Å². The number of aliphatic hydroxyl groups is 1. The van der Waals surface area contributed by atoms with Crippen molar-refractivity contribution in [2.45, 2.75) is 123 Å². The van der Waals surface area contributed by atoms with Gasteiger partial charge in [0.2, 0.25) is 0 Å². The molecule has 0 aromatic carbocycles. The van der Waals surface area contributed by atoms with Gasteiger partial charge in [-0.15, -0.1) is 0 Å². The molecule has 1 aliphatic carbocycles. The molecular weight excluding hydrogens is 352 g/mol. The summed E-state index contributed by atoms with van der Waals surface area (Å²) in [5.41, 5.74) is -0.716. The van der Waals surface area contributed by atoms with Crippen LogP contribution >= 0.6 is 0 Å². The van der Waals surface area contributed by atoms with Crippen LogP contribution in [0.2, 0.25) is 18.1 Å². The normalized spacial score (nSPS) is 28.0. The van der Waals surface area contributed by atoms with Crippen molar-refractivity contribution >= 4 is 14.1 Å². The van der Waals surface area contributed by atoms with E-state index in [0.29, 0.717) is 18.1 Å². The van der Waals surface area contributed by atoms with E-state index >= 15 is 0 Å². The van der Waals surface area contributed by atoms with E-state index in [2.05, 4.69) is 54.6 Å². The number of Topliss-reactive ketones (excluding diaryl/α,β-unsaturated/α-hetero) is 1. The van der Waals surface area contributed by atoms with Crippen LogP contribution in [0.5, 0.6) is 0 Å². The van der Waals surface area contributed by atoms with Gasteiger partial charge in [0.25, 0.3) is 0 Å². The zero-order valence-corrected chi connectivity index (χ0v) is 20.5. The minimum Gasteiger partial charge on any atom is -0.413 e. The molecule has 0 aromatic heterocycles. The molecule has 0 radical (unpaired) electrons. The molecule has 2 unspecified atom stereocenters. The molecule has 0 amide bonds. The van der Waals surface area contributed by atoms with Crippen molar-refractivity contribution in [1.82, 2.24) is 0 Å². The van der Waals surface area contributed by atoms with Crippen LogP contribution in [0.15, 0.2) is 0 Å². The van der Waals surface area contributed by atoms with Crippen molar-refractivity contribution in [2.24, 2.45) is 17.8 Å². The molecule has 0 spiro atoms. The number of hydrogen-bond acceptors (Lipinski definition) is 3. The number of rotatable bonds is 10. The molecule has 160 valence electrons. The summed E-state index contributed by atoms with van der Waals surface area (Å²) >= 11 is 0. The number of carbonyl (C=O) groups is 1. The van der Waals surface area contributed by atoms with Gasteiger partial charge < -0.3 is 9.53 Å². The maximum Gasteiger partial charge on any atom is 0.192 e. The summed E-state index contributed by atoms with van der Waals surface area (Å²) in [6, 6.07) is 0. The van der Waals surface area contributed by atoms with Gasteiger partial charge in [-0.3, -0.25) is 4.79 Å². The number of ketones is 1. The minimum atomic E-state index is -1.90. The summed E-state index contributed by atoms with van der Waals surface area (Å²) in [6.45, 7) is 19.7. The summed E-state index contributed by atoms with van der Waals surface area (Å²) in [4.78, 5) is 13.3. The molecule has 0 bridgehead atoms. The van der Waals surface area contributed by atoms with Gasteiger partial charge in [-0.05, 0) is 56.2 Å². The maximum atomic E-state index is 13.3. The van der Waals surface area contributed by atoms with Gasteiger partial charge in [0.1, 0.15) is 5.78 Å². The number of carbonyl (C=O) groups excluding carboxylic acids is 1. The topological polar surface area (TPSA) is 46.5 Å². The van der Waals surface area contributed by atoms with E-state index in [-0.39, 0.29) is 23.0 Å². The summed E-state index contributed by atoms with van der Waals surface area (Å²) < 4.78 is 6.68. The molecule has 0 aliphatic heterocycles. The van der Waals surface area contributed by atoms with E-state index in [0.717, 1.165) is 25.7 Å². The van der Waals surface area contributed by atoms with Crippen LogP contribution in [-0.4, -0.2) is 30.9 Å². The van der Waals surface area contributed by atoms with Crippen LogP contribution in [0.25, 0.3) is 0 Å². The van der Waals surface area contributed by atoms with Crippen molar-refractivity contribution in [3.05, 3.63) is 0 Å². The molecule has 27 heavy (non-hydrogen) atoms. The third kappa shape index (κ3) is 6.68. The van der Waals surface area contributed by atoms with Gasteiger partial charge in [0, 0.05) is 12.3 Å². The predicted molar refractivity (Wildman–Crippen MR) is 118 cm³/mol. The van der Waals surface area contributed by atoms with Crippen molar-refractivity contribution in [1.29, 1.82) is 0 Å². The highest BCUT2D eigenvalue weighted by Crippen LogP contribution is 2.45. The molecule has 4 heteroatoms. The van der Waals surface area contributed by atoms with Gasteiger partial charge in [-0.2, -0.15) is 0 Å². The molecule has 0 aromatic rings. The highest BCUT2D eigenvalue weighted by atomic mass is 28.4. The molecule has 4 atom stereocenters. The largest absolute Gasteiger partial charge is 0.413 e. The summed E-state index contributed by atoms with van der Waals surface area (Å²) in [5, 5.41) is 10.9. The Bertz CT molecular complexity index is 477. The monoisotopic (exact) mass is 398 g/mol. The molecule has 1 aliphatic rings. The Hall–Kier alpha value is -0.193. The highest BCUT2D eigenvalue weighted by molar-refractivity contribution is 6.74. The van der Waals surface area contributed by atoms with Crippen LogP contribution in [0.1, 0.15) is 93.4 Å². The first-order chi connectivity index (χ1) is 12.2. The van der Waals surface area contributed by atoms with Crippen LogP contribution in [0.4, 0.5) is 0 Å². The van der Waals surface area contributed by atoms with E-state index in [1.165, 1.54) is 12.8 Å². The fourth-order valence-electron chi connectivity index (χ4n) is 4.57. The van der Waals surface area contributed by atoms with Crippen LogP contribution in [0, 0.1) is 17.8 Å². The second kappa shape index (κ2) is 9.54. The quantitative estimate of drug-likeness (QED) is 0.344. The number of hydrogen-bond donors (Lipinski definition) is 1. The lowest BCUT2D eigenvalue weighted by atomic mass is 9.76. The number of unbranched alkanes of at least 4 members (excludes halogenated alkanes) is 2. The summed E-state index contributed by atoms with van der Waals surface area (Å²) in [6.07, 6.45) is 6.57. The summed E-state index contributed by atoms with van der Waals surface area (Å²) in [5.74, 6) is 0.675. The molecule has 3 nitrogen and oxygen atoms in total. The van der Waals surface area contributed by atoms with Gasteiger partial charge in [0.05, 0.1) is 11.7 Å². The predicted octanol–water partition coefficient (Wildman–Crippen LogP) is 6.35. The second-order valence-corrected chi connectivity index (χ2v) is 15.7. The molecule has 1 rings (SSSR count). The smallest absolute Gasteiger partial charge is 0.192 e. The average Bonchev–Trinajstić information content (AvgIpc) is 2.81. The van der Waals surface area contributed by atoms with Crippen molar-refractivity contribution in [2.75, 3.05) is 0 Å². The summed E-state index contributed by atoms with van der Waals surface area (Å²) in [7, 11) is -1.90. The SMILES string of the molecule is CCCCCC(CC(=O)C1CC[C@@](C)(O)[C@H]1C(C)C)O[Si](C)(C)C(C)(C)C. The van der Waals surface area contributed by atoms with E-state index in [1.807, 2.05) is 6.92 Å². The molecule has 0 heterocycles. The Morgan fingerprint density at radius 2 is 1.85 bits per heavy atom. The lowest BCUT2D eigenvalue weighted by molar-refractivity contribution is -0.128. The maximum absolute atomic E-state index is 13.3. The third-order valence-corrected chi connectivity index (χ3v) is 11.6. The van der Waals surface area contributed by atoms with E-state index in [1.54, 1.807) is 0 Å². The zero-order chi connectivity index (χ0) is 21.0. The Balaban J connectivity index is 2.89. The first kappa shape index (κ1) is 24.8. The standard InChI is InChI=1S/C23H46O3Si/c1-10-11-12-13-18(26-27(8,9)22(4,5)6)16-20(24)19-14-15-23(7,25)21(19)17(2)3/h17-19,21,25H,10-16H2,1-9H3/t18?,19?,21-,23+/m0/s1. The van der Waals surface area contributed by atoms with Crippen LogP contribution < -0.4 is 0 Å². The lowest BCUT2D eigenvalue weighted by Crippen LogP contribution is -2.45. The van der Waals surface area contributed by atoms with Gasteiger partial charge >= 0.3 is 0 Å². The van der Waals surface area contributed by atoms with E-state index in [9.17, 15) is 9.90 Å². The Labute approximate surface area is 169 Å². The van der Waals surface area contributed by atoms with Crippen molar-refractivity contribution in [3.63, 3.8) is 0 Å². The second-order valence-electron chi connectivity index (χ2n) is 10.9. The van der Waals surface area contributed by atoms with Crippen LogP contribution in [0.3, 0.4) is 0 Å². The van der Waals surface area contributed by atoms with Gasteiger partial charge in [-0.1, -0.05) is 60.8 Å². The van der Waals surface area contributed by atoms with Crippen molar-refractivity contribution < 1.29 is 14.3 Å². The van der Waals surface area contributed by atoms with Crippen LogP contribution in [-0.2, 0) is 9.22 Å². The van der Waals surface area contributed by atoms with E-state index < -0.39 is 13.9 Å². The molecule has 1 fully saturated rings. The van der Waals surface area contributed by atoms with Crippen molar-refractivity contribution in [3.8, 4) is 0 Å². The first-order valence-electron chi connectivity index (χ1n) is 11.2. The first-order valence-corrected chi connectivity index (χ1v) is 14.1. The molecular formula is C23H46O3Si. The van der Waals surface area contributed by atoms with Gasteiger partial charge in [-0.25, -0.2) is 0 Å². The fraction of sp³-hybridized carbons (Fsp3) is 0.957. The molecule has 1 N–H and O–H groups in total. The zero-order valence-electron chi connectivity index (χ0n) is 19.5. The average molecular weight is 399 g/mol. The Morgan fingerprint density at radius 3 is 2.33 bits per heavy atom.